The van der Waals surface area contributed by atoms with Gasteiger partial charge in [0.15, 0.2) is 17.5 Å². The van der Waals surface area contributed by atoms with Gasteiger partial charge in [-0.15, -0.1) is 6.58 Å². The third-order valence-corrected chi connectivity index (χ3v) is 4.67. The van der Waals surface area contributed by atoms with E-state index in [1.54, 1.807) is 6.92 Å². The maximum absolute atomic E-state index is 13.9. The number of piperazine rings is 1. The van der Waals surface area contributed by atoms with Crippen molar-refractivity contribution in [1.82, 2.24) is 9.80 Å². The maximum atomic E-state index is 13.9. The highest BCUT2D eigenvalue weighted by Crippen LogP contribution is 2.32. The Morgan fingerprint density at radius 3 is 2.39 bits per heavy atom. The number of ether oxygens (including phenoxy) is 2. The molecule has 2 atom stereocenters. The Morgan fingerprint density at radius 2 is 1.84 bits per heavy atom. The number of halogens is 3. The van der Waals surface area contributed by atoms with Gasteiger partial charge in [-0.25, -0.2) is 22.8 Å². The molecule has 1 aliphatic heterocycles. The molecule has 0 aromatic heterocycles. The molecule has 31 heavy (non-hydrogen) atoms. The highest BCUT2D eigenvalue weighted by atomic mass is 19.2. The van der Waals surface area contributed by atoms with Crippen LogP contribution in [-0.2, 0) is 19.1 Å². The van der Waals surface area contributed by atoms with Gasteiger partial charge in [-0.2, -0.15) is 0 Å². The van der Waals surface area contributed by atoms with Crippen molar-refractivity contribution >= 4 is 18.0 Å². The van der Waals surface area contributed by atoms with Gasteiger partial charge in [0.05, 0.1) is 25.8 Å². The highest BCUT2D eigenvalue weighted by Gasteiger charge is 2.39. The first-order valence-corrected chi connectivity index (χ1v) is 9.47. The zero-order valence-corrected chi connectivity index (χ0v) is 17.1. The summed E-state index contributed by atoms with van der Waals surface area (Å²) in [5.74, 6) is -5.63. The van der Waals surface area contributed by atoms with Crippen molar-refractivity contribution in [2.45, 2.75) is 25.4 Å². The number of nitrogens with zero attached hydrogens (tertiary/aromatic N) is 2. The monoisotopic (exact) mass is 440 g/mol. The summed E-state index contributed by atoms with van der Waals surface area (Å²) >= 11 is 0. The van der Waals surface area contributed by atoms with Crippen molar-refractivity contribution in [3.05, 3.63) is 60.0 Å². The molecule has 1 fully saturated rings. The van der Waals surface area contributed by atoms with Gasteiger partial charge < -0.3 is 19.3 Å². The van der Waals surface area contributed by atoms with Crippen molar-refractivity contribution in [3.63, 3.8) is 0 Å². The smallest absolute Gasteiger partial charge is 0.409 e. The lowest BCUT2D eigenvalue weighted by atomic mass is 9.97. The largest absolute Gasteiger partial charge is 0.463 e. The molecule has 1 aromatic rings. The van der Waals surface area contributed by atoms with Gasteiger partial charge in [0, 0.05) is 25.6 Å². The molecule has 2 unspecified atom stereocenters. The van der Waals surface area contributed by atoms with E-state index in [0.29, 0.717) is 0 Å². The summed E-state index contributed by atoms with van der Waals surface area (Å²) in [7, 11) is 1.16. The maximum Gasteiger partial charge on any atom is 0.409 e. The molecular formula is C21H23F3N2O5. The molecule has 2 amide bonds. The molecule has 7 nitrogen and oxygen atoms in total. The van der Waals surface area contributed by atoms with Gasteiger partial charge in [0.25, 0.3) is 0 Å². The number of hydrogen-bond donors (Lipinski definition) is 0. The number of benzene rings is 1. The number of carbonyl (C=O) groups is 3. The Balaban J connectivity index is 2.55. The van der Waals surface area contributed by atoms with Crippen molar-refractivity contribution in [2.75, 3.05) is 26.8 Å². The van der Waals surface area contributed by atoms with Crippen molar-refractivity contribution in [2.24, 2.45) is 0 Å². The minimum Gasteiger partial charge on any atom is -0.463 e. The summed E-state index contributed by atoms with van der Waals surface area (Å²) in [5.41, 5.74) is -0.0584. The van der Waals surface area contributed by atoms with Gasteiger partial charge in [-0.05, 0) is 24.6 Å². The van der Waals surface area contributed by atoms with Crippen LogP contribution in [0.5, 0.6) is 0 Å². The van der Waals surface area contributed by atoms with Crippen LogP contribution in [0.2, 0.25) is 0 Å². The first-order valence-electron chi connectivity index (χ1n) is 9.47. The quantitative estimate of drug-likeness (QED) is 0.294. The number of esters is 1. The molecule has 0 aliphatic carbocycles. The van der Waals surface area contributed by atoms with Crippen LogP contribution < -0.4 is 0 Å². The van der Waals surface area contributed by atoms with Gasteiger partial charge in [0.2, 0.25) is 5.91 Å². The summed E-state index contributed by atoms with van der Waals surface area (Å²) in [5, 5.41) is 0. The zero-order valence-electron chi connectivity index (χ0n) is 17.1. The lowest BCUT2D eigenvalue weighted by Crippen LogP contribution is -2.57. The minimum atomic E-state index is -1.65. The van der Waals surface area contributed by atoms with E-state index < -0.39 is 47.5 Å². The number of carbonyl (C=O) groups excluding carboxylic acids is 3. The molecule has 0 spiro atoms. The molecule has 0 N–H and O–H groups in total. The number of hydrogen-bond acceptors (Lipinski definition) is 5. The predicted molar refractivity (Wildman–Crippen MR) is 104 cm³/mol. The van der Waals surface area contributed by atoms with Crippen molar-refractivity contribution in [1.29, 1.82) is 0 Å². The molecule has 168 valence electrons. The van der Waals surface area contributed by atoms with E-state index in [2.05, 4.69) is 6.58 Å². The predicted octanol–water partition coefficient (Wildman–Crippen LogP) is 3.12. The molecule has 1 heterocycles. The fraction of sp³-hybridized carbons (Fsp3) is 0.381. The van der Waals surface area contributed by atoms with Crippen LogP contribution in [0.1, 0.15) is 24.9 Å². The topological polar surface area (TPSA) is 76.2 Å². The van der Waals surface area contributed by atoms with Crippen molar-refractivity contribution in [3.8, 4) is 0 Å². The van der Waals surface area contributed by atoms with E-state index in [0.717, 1.165) is 25.3 Å². The average Bonchev–Trinajstić information content (AvgIpc) is 2.74. The van der Waals surface area contributed by atoms with Crippen LogP contribution >= 0.6 is 0 Å². The molecule has 0 saturated carbocycles. The van der Waals surface area contributed by atoms with Crippen LogP contribution in [0, 0.1) is 17.5 Å². The Morgan fingerprint density at radius 1 is 1.19 bits per heavy atom. The van der Waals surface area contributed by atoms with Crippen LogP contribution in [0.3, 0.4) is 0 Å². The summed E-state index contributed by atoms with van der Waals surface area (Å²) in [6, 6.07) is -0.360. The Hall–Kier alpha value is -3.30. The van der Waals surface area contributed by atoms with Gasteiger partial charge in [-0.1, -0.05) is 12.2 Å². The zero-order chi connectivity index (χ0) is 23.1. The van der Waals surface area contributed by atoms with E-state index in [1.807, 2.05) is 0 Å². The fourth-order valence-corrected chi connectivity index (χ4v) is 3.35. The van der Waals surface area contributed by atoms with Crippen LogP contribution in [0.4, 0.5) is 18.0 Å². The highest BCUT2D eigenvalue weighted by molar-refractivity contribution is 5.83. The van der Waals surface area contributed by atoms with Gasteiger partial charge in [0.1, 0.15) is 0 Å². The van der Waals surface area contributed by atoms with E-state index in [9.17, 15) is 27.6 Å². The summed E-state index contributed by atoms with van der Waals surface area (Å²) in [4.78, 5) is 39.3. The Kier molecular flexibility index (Phi) is 8.23. The number of methoxy groups -OCH3 is 1. The van der Waals surface area contributed by atoms with Gasteiger partial charge in [-0.3, -0.25) is 4.79 Å². The van der Waals surface area contributed by atoms with E-state index in [4.69, 9.17) is 9.47 Å². The van der Waals surface area contributed by atoms with Crippen LogP contribution in [-0.4, -0.2) is 60.6 Å². The molecular weight excluding hydrogens is 417 g/mol. The third kappa shape index (κ3) is 5.65. The third-order valence-electron chi connectivity index (χ3n) is 4.67. The molecule has 0 radical (unpaired) electrons. The fourth-order valence-electron chi connectivity index (χ4n) is 3.35. The van der Waals surface area contributed by atoms with Gasteiger partial charge >= 0.3 is 12.1 Å². The minimum absolute atomic E-state index is 0.0475. The molecule has 10 heteroatoms. The van der Waals surface area contributed by atoms with Crippen LogP contribution in [0.15, 0.2) is 36.9 Å². The Bertz CT molecular complexity index is 867. The van der Waals surface area contributed by atoms with E-state index >= 15 is 0 Å². The van der Waals surface area contributed by atoms with Crippen LogP contribution in [0.25, 0.3) is 0 Å². The second-order valence-electron chi connectivity index (χ2n) is 6.66. The molecule has 1 aliphatic rings. The van der Waals surface area contributed by atoms with Crippen molar-refractivity contribution < 1.29 is 37.0 Å². The molecule has 1 saturated heterocycles. The molecule has 1 aromatic carbocycles. The first kappa shape index (κ1) is 24.0. The summed E-state index contributed by atoms with van der Waals surface area (Å²) < 4.78 is 50.9. The molecule has 0 bridgehead atoms. The lowest BCUT2D eigenvalue weighted by molar-refractivity contribution is -0.139. The second kappa shape index (κ2) is 10.6. The Labute approximate surface area is 177 Å². The summed E-state index contributed by atoms with van der Waals surface area (Å²) in [6.07, 6.45) is 2.97. The SMILES string of the molecule is C=CCC(=O)N1C(/C=C/C(=O)OCC)CN(C(=O)OC)CC1c1cc(F)c(F)c(F)c1. The normalized spacial score (nSPS) is 18.7. The first-order chi connectivity index (χ1) is 14.7. The number of rotatable bonds is 6. The lowest BCUT2D eigenvalue weighted by Gasteiger charge is -2.45. The second-order valence-corrected chi connectivity index (χ2v) is 6.66. The van der Waals surface area contributed by atoms with E-state index in [1.165, 1.54) is 22.0 Å². The van der Waals surface area contributed by atoms with E-state index in [-0.39, 0.29) is 31.7 Å². The molecule has 2 rings (SSSR count). The average molecular weight is 440 g/mol. The number of amides is 2. The standard InChI is InChI=1S/C21H23F3N2O5/c1-4-6-18(27)26-14(7-8-19(28)31-5-2)11-25(21(29)30-3)12-17(26)13-9-15(22)20(24)16(23)10-13/h4,7-10,14,17H,1,5-6,11-12H2,2-3H3/b8-7+. The summed E-state index contributed by atoms with van der Waals surface area (Å²) in [6.45, 7) is 5.07.